The Hall–Kier alpha value is -2.04. The van der Waals surface area contributed by atoms with E-state index >= 15 is 0 Å². The number of nitro groups is 1. The molecule has 1 aromatic rings. The molecule has 0 aliphatic rings. The standard InChI is InChI=1S/C9H9NO4/c1-6(10(13)14)4-7-5-8(11)2-3-9(7)12/h2-5,11-12H,1H3/b6-4+. The molecule has 0 aliphatic heterocycles. The van der Waals surface area contributed by atoms with Crippen LogP contribution in [0.5, 0.6) is 11.5 Å². The van der Waals surface area contributed by atoms with Crippen LogP contribution in [-0.2, 0) is 0 Å². The van der Waals surface area contributed by atoms with Crippen molar-refractivity contribution in [1.82, 2.24) is 0 Å². The third-order valence-electron chi connectivity index (χ3n) is 1.66. The van der Waals surface area contributed by atoms with E-state index in [4.69, 9.17) is 5.11 Å². The van der Waals surface area contributed by atoms with E-state index in [1.807, 2.05) is 0 Å². The minimum Gasteiger partial charge on any atom is -0.508 e. The van der Waals surface area contributed by atoms with Crippen molar-refractivity contribution in [2.24, 2.45) is 0 Å². The summed E-state index contributed by atoms with van der Waals surface area (Å²) in [5.74, 6) is -0.158. The summed E-state index contributed by atoms with van der Waals surface area (Å²) in [5, 5.41) is 28.7. The molecule has 14 heavy (non-hydrogen) atoms. The van der Waals surface area contributed by atoms with Crippen LogP contribution in [0.15, 0.2) is 23.9 Å². The van der Waals surface area contributed by atoms with Crippen LogP contribution in [0.3, 0.4) is 0 Å². The second-order valence-corrected chi connectivity index (χ2v) is 2.79. The topological polar surface area (TPSA) is 83.6 Å². The summed E-state index contributed by atoms with van der Waals surface area (Å²) in [5.41, 5.74) is 0.116. The monoisotopic (exact) mass is 195 g/mol. The highest BCUT2D eigenvalue weighted by Gasteiger charge is 2.05. The summed E-state index contributed by atoms with van der Waals surface area (Å²) in [6.45, 7) is 1.31. The Bertz CT molecular complexity index is 398. The van der Waals surface area contributed by atoms with E-state index in [0.29, 0.717) is 0 Å². The number of phenols is 2. The Balaban J connectivity index is 3.13. The van der Waals surface area contributed by atoms with E-state index in [1.165, 1.54) is 31.2 Å². The van der Waals surface area contributed by atoms with Gasteiger partial charge >= 0.3 is 0 Å². The molecule has 0 saturated heterocycles. The number of phenolic OH excluding ortho intramolecular Hbond substituents is 2. The number of aromatic hydroxyl groups is 2. The van der Waals surface area contributed by atoms with Gasteiger partial charge in [0.25, 0.3) is 0 Å². The van der Waals surface area contributed by atoms with Gasteiger partial charge in [-0.25, -0.2) is 0 Å². The summed E-state index contributed by atoms with van der Waals surface area (Å²) in [6.07, 6.45) is 1.19. The van der Waals surface area contributed by atoms with Gasteiger partial charge in [0.2, 0.25) is 5.70 Å². The number of allylic oxidation sites excluding steroid dienone is 1. The van der Waals surface area contributed by atoms with Crippen molar-refractivity contribution in [3.8, 4) is 11.5 Å². The van der Waals surface area contributed by atoms with Gasteiger partial charge in [-0.3, -0.25) is 10.1 Å². The molecule has 2 N–H and O–H groups in total. The molecule has 0 amide bonds. The third-order valence-corrected chi connectivity index (χ3v) is 1.66. The zero-order chi connectivity index (χ0) is 10.7. The molecule has 0 saturated carbocycles. The molecule has 0 fully saturated rings. The Morgan fingerprint density at radius 3 is 2.71 bits per heavy atom. The van der Waals surface area contributed by atoms with Crippen molar-refractivity contribution >= 4 is 6.08 Å². The van der Waals surface area contributed by atoms with Gasteiger partial charge < -0.3 is 10.2 Å². The molecule has 0 aliphatic carbocycles. The van der Waals surface area contributed by atoms with Crippen molar-refractivity contribution in [3.63, 3.8) is 0 Å². The van der Waals surface area contributed by atoms with E-state index in [-0.39, 0.29) is 22.8 Å². The smallest absolute Gasteiger partial charge is 0.243 e. The highest BCUT2D eigenvalue weighted by Crippen LogP contribution is 2.24. The average molecular weight is 195 g/mol. The van der Waals surface area contributed by atoms with Gasteiger partial charge in [-0.15, -0.1) is 0 Å². The normalized spacial score (nSPS) is 11.4. The number of hydrogen-bond donors (Lipinski definition) is 2. The van der Waals surface area contributed by atoms with E-state index in [0.717, 1.165) is 0 Å². The van der Waals surface area contributed by atoms with Crippen LogP contribution in [-0.4, -0.2) is 15.1 Å². The fourth-order valence-electron chi connectivity index (χ4n) is 0.935. The molecule has 0 bridgehead atoms. The van der Waals surface area contributed by atoms with Crippen LogP contribution in [0, 0.1) is 10.1 Å². The van der Waals surface area contributed by atoms with E-state index in [9.17, 15) is 15.2 Å². The first-order valence-electron chi connectivity index (χ1n) is 3.85. The SMILES string of the molecule is C/C(=C\c1cc(O)ccc1O)[N+](=O)[O-]. The number of rotatable bonds is 2. The van der Waals surface area contributed by atoms with Crippen LogP contribution >= 0.6 is 0 Å². The molecule has 0 spiro atoms. The Morgan fingerprint density at radius 1 is 1.50 bits per heavy atom. The molecule has 0 unspecified atom stereocenters. The minimum atomic E-state index is -0.566. The first-order chi connectivity index (χ1) is 6.50. The Kier molecular flexibility index (Phi) is 2.71. The molecule has 0 radical (unpaired) electrons. The predicted molar refractivity (Wildman–Crippen MR) is 50.4 cm³/mol. The van der Waals surface area contributed by atoms with Crippen LogP contribution in [0.1, 0.15) is 12.5 Å². The lowest BCUT2D eigenvalue weighted by molar-refractivity contribution is -0.422. The maximum atomic E-state index is 10.3. The first kappa shape index (κ1) is 10.0. The summed E-state index contributed by atoms with van der Waals surface area (Å²) in [7, 11) is 0. The highest BCUT2D eigenvalue weighted by atomic mass is 16.6. The number of hydrogen-bond acceptors (Lipinski definition) is 4. The number of benzene rings is 1. The molecule has 1 rings (SSSR count). The fourth-order valence-corrected chi connectivity index (χ4v) is 0.935. The van der Waals surface area contributed by atoms with E-state index in [1.54, 1.807) is 0 Å². The first-order valence-corrected chi connectivity index (χ1v) is 3.85. The van der Waals surface area contributed by atoms with Gasteiger partial charge in [0.05, 0.1) is 4.92 Å². The van der Waals surface area contributed by atoms with Crippen LogP contribution in [0.25, 0.3) is 6.08 Å². The minimum absolute atomic E-state index is 0.0507. The third kappa shape index (κ3) is 2.22. The van der Waals surface area contributed by atoms with Crippen LogP contribution < -0.4 is 0 Å². The highest BCUT2D eigenvalue weighted by molar-refractivity contribution is 5.59. The quantitative estimate of drug-likeness (QED) is 0.427. The Labute approximate surface area is 80.1 Å². The molecular weight excluding hydrogens is 186 g/mol. The van der Waals surface area contributed by atoms with E-state index in [2.05, 4.69) is 0 Å². The fraction of sp³-hybridized carbons (Fsp3) is 0.111. The van der Waals surface area contributed by atoms with Crippen LogP contribution in [0.2, 0.25) is 0 Å². The molecule has 0 heterocycles. The molecule has 5 heteroatoms. The lowest BCUT2D eigenvalue weighted by atomic mass is 10.1. The lowest BCUT2D eigenvalue weighted by Crippen LogP contribution is -1.92. The van der Waals surface area contributed by atoms with Gasteiger partial charge in [0, 0.05) is 18.6 Å². The lowest BCUT2D eigenvalue weighted by Gasteiger charge is -1.99. The maximum Gasteiger partial charge on any atom is 0.243 e. The number of nitrogens with zero attached hydrogens (tertiary/aromatic N) is 1. The second-order valence-electron chi connectivity index (χ2n) is 2.79. The van der Waals surface area contributed by atoms with Gasteiger partial charge in [0.15, 0.2) is 0 Å². The molecule has 0 aromatic heterocycles. The largest absolute Gasteiger partial charge is 0.508 e. The molecule has 0 atom stereocenters. The average Bonchev–Trinajstić information content (AvgIpc) is 2.11. The maximum absolute atomic E-state index is 10.3. The molecule has 74 valence electrons. The van der Waals surface area contributed by atoms with Crippen molar-refractivity contribution < 1.29 is 15.1 Å². The van der Waals surface area contributed by atoms with Gasteiger partial charge in [-0.1, -0.05) is 0 Å². The summed E-state index contributed by atoms with van der Waals surface area (Å²) < 4.78 is 0. The zero-order valence-corrected chi connectivity index (χ0v) is 7.47. The van der Waals surface area contributed by atoms with Crippen molar-refractivity contribution in [2.45, 2.75) is 6.92 Å². The second kappa shape index (κ2) is 3.78. The van der Waals surface area contributed by atoms with E-state index < -0.39 is 4.92 Å². The summed E-state index contributed by atoms with van der Waals surface area (Å²) >= 11 is 0. The van der Waals surface area contributed by atoms with Gasteiger partial charge in [-0.05, 0) is 18.2 Å². The molecule has 5 nitrogen and oxygen atoms in total. The van der Waals surface area contributed by atoms with Crippen molar-refractivity contribution in [3.05, 3.63) is 39.6 Å². The van der Waals surface area contributed by atoms with Crippen LogP contribution in [0.4, 0.5) is 0 Å². The van der Waals surface area contributed by atoms with Gasteiger partial charge in [0.1, 0.15) is 11.5 Å². The summed E-state index contributed by atoms with van der Waals surface area (Å²) in [4.78, 5) is 9.73. The van der Waals surface area contributed by atoms with Crippen molar-refractivity contribution in [2.75, 3.05) is 0 Å². The predicted octanol–water partition coefficient (Wildman–Crippen LogP) is 1.74. The van der Waals surface area contributed by atoms with Crippen molar-refractivity contribution in [1.29, 1.82) is 0 Å². The zero-order valence-electron chi connectivity index (χ0n) is 7.47. The summed E-state index contributed by atoms with van der Waals surface area (Å²) in [6, 6.07) is 3.82. The van der Waals surface area contributed by atoms with Gasteiger partial charge in [-0.2, -0.15) is 0 Å². The molecule has 1 aromatic carbocycles. The molecular formula is C9H9NO4. The Morgan fingerprint density at radius 2 is 2.14 bits per heavy atom.